The average molecular weight is 381 g/mol. The topological polar surface area (TPSA) is 51.2 Å². The molecule has 0 saturated carbocycles. The lowest BCUT2D eigenvalue weighted by molar-refractivity contribution is -0.120. The lowest BCUT2D eigenvalue weighted by atomic mass is 10.1. The second-order valence-corrected chi connectivity index (χ2v) is 7.90. The molecule has 0 aliphatic rings. The Balaban J connectivity index is 1.69. The molecule has 0 fully saturated rings. The summed E-state index contributed by atoms with van der Waals surface area (Å²) in [5.74, 6) is 0.760. The number of ether oxygens (including phenoxy) is 1. The van der Waals surface area contributed by atoms with Crippen molar-refractivity contribution in [2.75, 3.05) is 7.11 Å². The molecule has 0 bridgehead atoms. The first kappa shape index (κ1) is 19.2. The van der Waals surface area contributed by atoms with Gasteiger partial charge in [-0.25, -0.2) is 4.98 Å². The van der Waals surface area contributed by atoms with E-state index in [1.54, 1.807) is 7.11 Å². The van der Waals surface area contributed by atoms with Crippen molar-refractivity contribution >= 4 is 28.6 Å². The van der Waals surface area contributed by atoms with Crippen molar-refractivity contribution in [3.8, 4) is 5.75 Å². The number of nitrogens with zero attached hydrogens (tertiary/aromatic N) is 1. The number of carbonyl (C=O) groups excluding carboxylic acids is 1. The van der Waals surface area contributed by atoms with Crippen LogP contribution in [0.1, 0.15) is 23.6 Å². The zero-order valence-corrected chi connectivity index (χ0v) is 16.9. The van der Waals surface area contributed by atoms with E-state index in [-0.39, 0.29) is 11.2 Å². The molecule has 1 atom stereocenters. The van der Waals surface area contributed by atoms with Crippen LogP contribution in [0.15, 0.2) is 53.6 Å². The van der Waals surface area contributed by atoms with Gasteiger partial charge in [0.2, 0.25) is 5.91 Å². The van der Waals surface area contributed by atoms with Gasteiger partial charge in [-0.15, -0.1) is 0 Å². The summed E-state index contributed by atoms with van der Waals surface area (Å²) in [6, 6.07) is 15.9. The van der Waals surface area contributed by atoms with Crippen LogP contribution >= 0.6 is 11.8 Å². The summed E-state index contributed by atoms with van der Waals surface area (Å²) in [6.45, 7) is 6.49. The Morgan fingerprint density at radius 1 is 1.15 bits per heavy atom. The number of benzene rings is 2. The summed E-state index contributed by atoms with van der Waals surface area (Å²) < 4.78 is 5.33. The van der Waals surface area contributed by atoms with E-state index in [4.69, 9.17) is 9.72 Å². The minimum absolute atomic E-state index is 0.0183. The summed E-state index contributed by atoms with van der Waals surface area (Å²) in [5.41, 5.74) is 4.28. The largest absolute Gasteiger partial charge is 0.496 e. The number of carbonyl (C=O) groups is 1. The molecule has 0 unspecified atom stereocenters. The first-order valence-electron chi connectivity index (χ1n) is 8.93. The standard InChI is InChI=1S/C22H24N2O2S/c1-14-8-7-10-18-15(2)12-20(24-21(14)18)27-16(3)22(25)23-13-17-9-5-6-11-19(17)26-4/h5-12,16H,13H2,1-4H3,(H,23,25)/t16-/m1/s1. The highest BCUT2D eigenvalue weighted by Gasteiger charge is 2.16. The van der Waals surface area contributed by atoms with Gasteiger partial charge in [0.25, 0.3) is 0 Å². The number of hydrogen-bond donors (Lipinski definition) is 1. The third-order valence-electron chi connectivity index (χ3n) is 4.54. The fourth-order valence-electron chi connectivity index (χ4n) is 3.00. The first-order valence-corrected chi connectivity index (χ1v) is 9.81. The van der Waals surface area contributed by atoms with E-state index in [0.29, 0.717) is 6.54 Å². The molecule has 1 heterocycles. The van der Waals surface area contributed by atoms with Gasteiger partial charge in [-0.3, -0.25) is 4.79 Å². The van der Waals surface area contributed by atoms with Crippen molar-refractivity contribution in [2.24, 2.45) is 0 Å². The molecule has 1 N–H and O–H groups in total. The molecular formula is C22H24N2O2S. The number of aromatic nitrogens is 1. The molecule has 0 aliphatic heterocycles. The molecule has 1 amide bonds. The molecule has 0 spiro atoms. The van der Waals surface area contributed by atoms with Crippen molar-refractivity contribution in [2.45, 2.75) is 37.6 Å². The van der Waals surface area contributed by atoms with Gasteiger partial charge in [-0.1, -0.05) is 48.2 Å². The highest BCUT2D eigenvalue weighted by atomic mass is 32.2. The highest BCUT2D eigenvalue weighted by Crippen LogP contribution is 2.28. The Labute approximate surface area is 164 Å². The summed E-state index contributed by atoms with van der Waals surface area (Å²) in [5, 5.41) is 4.78. The highest BCUT2D eigenvalue weighted by molar-refractivity contribution is 8.00. The average Bonchev–Trinajstić information content (AvgIpc) is 2.67. The van der Waals surface area contributed by atoms with Crippen molar-refractivity contribution < 1.29 is 9.53 Å². The van der Waals surface area contributed by atoms with Gasteiger partial charge in [-0.2, -0.15) is 0 Å². The smallest absolute Gasteiger partial charge is 0.233 e. The van der Waals surface area contributed by atoms with Gasteiger partial charge in [-0.05, 0) is 44.0 Å². The van der Waals surface area contributed by atoms with E-state index < -0.39 is 0 Å². The zero-order chi connectivity index (χ0) is 19.4. The van der Waals surface area contributed by atoms with Crippen molar-refractivity contribution in [1.82, 2.24) is 10.3 Å². The summed E-state index contributed by atoms with van der Waals surface area (Å²) in [7, 11) is 1.63. The normalized spacial score (nSPS) is 12.0. The lowest BCUT2D eigenvalue weighted by Gasteiger charge is -2.14. The van der Waals surface area contributed by atoms with Crippen LogP contribution in [0.3, 0.4) is 0 Å². The third-order valence-corrected chi connectivity index (χ3v) is 5.56. The minimum Gasteiger partial charge on any atom is -0.496 e. The fourth-order valence-corrected chi connectivity index (χ4v) is 3.94. The molecule has 2 aromatic carbocycles. The van der Waals surface area contributed by atoms with Gasteiger partial charge in [0.1, 0.15) is 5.75 Å². The second-order valence-electron chi connectivity index (χ2n) is 6.54. The van der Waals surface area contributed by atoms with Gasteiger partial charge in [0.15, 0.2) is 0 Å². The monoisotopic (exact) mass is 380 g/mol. The number of hydrogen-bond acceptors (Lipinski definition) is 4. The maximum atomic E-state index is 12.5. The molecule has 4 nitrogen and oxygen atoms in total. The van der Waals surface area contributed by atoms with Crippen LogP contribution in [0.2, 0.25) is 0 Å². The molecule has 5 heteroatoms. The van der Waals surface area contributed by atoms with Crippen molar-refractivity contribution in [3.05, 3.63) is 65.2 Å². The van der Waals surface area contributed by atoms with E-state index in [2.05, 4.69) is 37.4 Å². The third kappa shape index (κ3) is 4.42. The molecule has 0 radical (unpaired) electrons. The van der Waals surface area contributed by atoms with Crippen LogP contribution < -0.4 is 10.1 Å². The number of methoxy groups -OCH3 is 1. The molecular weight excluding hydrogens is 356 g/mol. The number of nitrogens with one attached hydrogen (secondary N) is 1. The fraction of sp³-hybridized carbons (Fsp3) is 0.273. The van der Waals surface area contributed by atoms with Crippen LogP contribution in [0, 0.1) is 13.8 Å². The first-order chi connectivity index (χ1) is 13.0. The molecule has 140 valence electrons. The Bertz CT molecular complexity index is 972. The Kier molecular flexibility index (Phi) is 6.01. The SMILES string of the molecule is COc1ccccc1CNC(=O)[C@@H](C)Sc1cc(C)c2cccc(C)c2n1. The van der Waals surface area contributed by atoms with Gasteiger partial charge < -0.3 is 10.1 Å². The number of para-hydroxylation sites is 2. The van der Waals surface area contributed by atoms with Gasteiger partial charge in [0.05, 0.1) is 22.9 Å². The Morgan fingerprint density at radius 2 is 1.93 bits per heavy atom. The molecule has 0 aliphatic carbocycles. The van der Waals surface area contributed by atoms with Crippen molar-refractivity contribution in [3.63, 3.8) is 0 Å². The number of pyridine rings is 1. The predicted molar refractivity (Wildman–Crippen MR) is 111 cm³/mol. The van der Waals surface area contributed by atoms with E-state index in [9.17, 15) is 4.79 Å². The van der Waals surface area contributed by atoms with E-state index in [1.165, 1.54) is 17.3 Å². The van der Waals surface area contributed by atoms with Gasteiger partial charge >= 0.3 is 0 Å². The molecule has 3 rings (SSSR count). The van der Waals surface area contributed by atoms with Crippen LogP contribution in [-0.4, -0.2) is 23.3 Å². The number of aryl methyl sites for hydroxylation is 2. The van der Waals surface area contributed by atoms with E-state index in [0.717, 1.165) is 32.8 Å². The number of amides is 1. The van der Waals surface area contributed by atoms with Crippen LogP contribution in [0.25, 0.3) is 10.9 Å². The van der Waals surface area contributed by atoms with Crippen LogP contribution in [0.5, 0.6) is 5.75 Å². The van der Waals surface area contributed by atoms with Crippen LogP contribution in [0.4, 0.5) is 0 Å². The van der Waals surface area contributed by atoms with E-state index >= 15 is 0 Å². The van der Waals surface area contributed by atoms with Gasteiger partial charge in [0, 0.05) is 17.5 Å². The quantitative estimate of drug-likeness (QED) is 0.632. The minimum atomic E-state index is -0.243. The second kappa shape index (κ2) is 8.44. The zero-order valence-electron chi connectivity index (χ0n) is 16.1. The Morgan fingerprint density at radius 3 is 2.70 bits per heavy atom. The number of rotatable bonds is 6. The number of fused-ring (bicyclic) bond motifs is 1. The predicted octanol–water partition coefficient (Wildman–Crippen LogP) is 4.66. The molecule has 0 saturated heterocycles. The summed E-state index contributed by atoms with van der Waals surface area (Å²) in [6.07, 6.45) is 0. The molecule has 3 aromatic rings. The van der Waals surface area contributed by atoms with E-state index in [1.807, 2.05) is 37.3 Å². The summed E-state index contributed by atoms with van der Waals surface area (Å²) in [4.78, 5) is 17.3. The maximum absolute atomic E-state index is 12.5. The lowest BCUT2D eigenvalue weighted by Crippen LogP contribution is -2.30. The van der Waals surface area contributed by atoms with Crippen molar-refractivity contribution in [1.29, 1.82) is 0 Å². The Hall–Kier alpha value is -2.53. The molecule has 1 aromatic heterocycles. The maximum Gasteiger partial charge on any atom is 0.233 e. The number of thioether (sulfide) groups is 1. The van der Waals surface area contributed by atoms with Crippen LogP contribution in [-0.2, 0) is 11.3 Å². The summed E-state index contributed by atoms with van der Waals surface area (Å²) >= 11 is 1.48. The molecule has 27 heavy (non-hydrogen) atoms.